The lowest BCUT2D eigenvalue weighted by molar-refractivity contribution is 0.0953. The van der Waals surface area contributed by atoms with Crippen molar-refractivity contribution in [1.82, 2.24) is 5.43 Å². The molecule has 0 aliphatic heterocycles. The van der Waals surface area contributed by atoms with Gasteiger partial charge in [-0.2, -0.15) is 5.10 Å². The lowest BCUT2D eigenvalue weighted by atomic mass is 10.1. The van der Waals surface area contributed by atoms with Crippen LogP contribution in [0.1, 0.15) is 26.3 Å². The van der Waals surface area contributed by atoms with E-state index in [0.717, 1.165) is 4.47 Å². The Bertz CT molecular complexity index is 1080. The first kappa shape index (κ1) is 20.6. The number of rotatable bonds is 5. The molecule has 0 spiro atoms. The van der Waals surface area contributed by atoms with E-state index in [1.807, 2.05) is 0 Å². The molecule has 0 aliphatic rings. The predicted octanol–water partition coefficient (Wildman–Crippen LogP) is 4.82. The average Bonchev–Trinajstić information content (AvgIpc) is 2.71. The predicted molar refractivity (Wildman–Crippen MR) is 117 cm³/mol. The van der Waals surface area contributed by atoms with Gasteiger partial charge in [0.1, 0.15) is 5.75 Å². The molecule has 146 valence electrons. The zero-order chi connectivity index (χ0) is 20.8. The largest absolute Gasteiger partial charge is 0.507 e. The number of benzene rings is 3. The van der Waals surface area contributed by atoms with E-state index in [4.69, 9.17) is 11.6 Å². The Hall–Kier alpha value is -3.16. The summed E-state index contributed by atoms with van der Waals surface area (Å²) in [6.07, 6.45) is 1.34. The molecule has 6 nitrogen and oxygen atoms in total. The third-order valence-electron chi connectivity index (χ3n) is 3.85. The number of aromatic hydroxyl groups is 1. The van der Waals surface area contributed by atoms with Crippen molar-refractivity contribution < 1.29 is 14.7 Å². The fourth-order valence-electron chi connectivity index (χ4n) is 2.40. The number of hydrazone groups is 1. The fraction of sp³-hybridized carbons (Fsp3) is 0. The molecule has 3 N–H and O–H groups in total. The van der Waals surface area contributed by atoms with Crippen molar-refractivity contribution in [1.29, 1.82) is 0 Å². The van der Waals surface area contributed by atoms with Crippen LogP contribution in [0.15, 0.2) is 76.3 Å². The second-order valence-corrected chi connectivity index (χ2v) is 7.30. The molecule has 8 heteroatoms. The van der Waals surface area contributed by atoms with Crippen molar-refractivity contribution >= 4 is 51.2 Å². The lowest BCUT2D eigenvalue weighted by Crippen LogP contribution is -2.18. The summed E-state index contributed by atoms with van der Waals surface area (Å²) >= 11 is 9.13. The number of carbonyl (C=O) groups excluding carboxylic acids is 2. The average molecular weight is 473 g/mol. The molecule has 0 saturated carbocycles. The molecular formula is C21H15BrClN3O3. The van der Waals surface area contributed by atoms with Gasteiger partial charge in [0.2, 0.25) is 0 Å². The van der Waals surface area contributed by atoms with Crippen LogP contribution in [0.4, 0.5) is 5.69 Å². The normalized spacial score (nSPS) is 10.7. The fourth-order valence-corrected chi connectivity index (χ4v) is 2.90. The molecule has 29 heavy (non-hydrogen) atoms. The van der Waals surface area contributed by atoms with Gasteiger partial charge in [0.25, 0.3) is 11.8 Å². The Balaban J connectivity index is 1.66. The zero-order valence-electron chi connectivity index (χ0n) is 14.9. The Morgan fingerprint density at radius 1 is 0.966 bits per heavy atom. The minimum atomic E-state index is -0.460. The number of nitrogens with one attached hydrogen (secondary N) is 2. The van der Waals surface area contributed by atoms with Crippen LogP contribution in [0, 0.1) is 0 Å². The van der Waals surface area contributed by atoms with Crippen molar-refractivity contribution in [3.8, 4) is 5.75 Å². The number of phenolic OH excluding ortho intramolecular Hbond substituents is 1. The zero-order valence-corrected chi connectivity index (χ0v) is 17.2. The summed E-state index contributed by atoms with van der Waals surface area (Å²) in [5.74, 6) is -0.737. The summed E-state index contributed by atoms with van der Waals surface area (Å²) in [6.45, 7) is 0. The Labute approximate surface area is 180 Å². The number of phenols is 1. The van der Waals surface area contributed by atoms with E-state index in [-0.39, 0.29) is 11.7 Å². The highest BCUT2D eigenvalue weighted by Gasteiger charge is 2.09. The molecular weight excluding hydrogens is 458 g/mol. The van der Waals surface area contributed by atoms with E-state index >= 15 is 0 Å². The summed E-state index contributed by atoms with van der Waals surface area (Å²) in [6, 6.07) is 17.8. The van der Waals surface area contributed by atoms with E-state index in [1.165, 1.54) is 18.3 Å². The third-order valence-corrected chi connectivity index (χ3v) is 4.59. The van der Waals surface area contributed by atoms with Gasteiger partial charge in [-0.25, -0.2) is 5.43 Å². The van der Waals surface area contributed by atoms with Crippen molar-refractivity contribution in [3.63, 3.8) is 0 Å². The van der Waals surface area contributed by atoms with Crippen LogP contribution >= 0.6 is 27.5 Å². The first-order chi connectivity index (χ1) is 13.9. The van der Waals surface area contributed by atoms with E-state index in [0.29, 0.717) is 27.4 Å². The number of carbonyl (C=O) groups is 2. The van der Waals surface area contributed by atoms with E-state index < -0.39 is 5.91 Å². The second-order valence-electron chi connectivity index (χ2n) is 5.94. The molecule has 3 aromatic rings. The van der Waals surface area contributed by atoms with Crippen LogP contribution < -0.4 is 10.7 Å². The minimum Gasteiger partial charge on any atom is -0.507 e. The molecule has 0 fully saturated rings. The lowest BCUT2D eigenvalue weighted by Gasteiger charge is -2.07. The van der Waals surface area contributed by atoms with Gasteiger partial charge in [-0.1, -0.05) is 33.6 Å². The molecule has 0 radical (unpaired) electrons. The maximum Gasteiger partial charge on any atom is 0.271 e. The van der Waals surface area contributed by atoms with Crippen molar-refractivity contribution in [2.75, 3.05) is 5.32 Å². The summed E-state index contributed by atoms with van der Waals surface area (Å²) in [5.41, 5.74) is 4.06. The van der Waals surface area contributed by atoms with Crippen LogP contribution in [-0.4, -0.2) is 23.1 Å². The highest BCUT2D eigenvalue weighted by atomic mass is 79.9. The first-order valence-electron chi connectivity index (χ1n) is 8.41. The third kappa shape index (κ3) is 5.66. The van der Waals surface area contributed by atoms with Gasteiger partial charge in [-0.3, -0.25) is 9.59 Å². The SMILES string of the molecule is O=C(N/N=C\c1cc(Br)ccc1O)c1cccc(NC(=O)c2ccc(Cl)cc2)c1. The molecule has 3 rings (SSSR count). The molecule has 0 saturated heterocycles. The summed E-state index contributed by atoms with van der Waals surface area (Å²) in [7, 11) is 0. The second kappa shape index (κ2) is 9.36. The number of halogens is 2. The molecule has 3 aromatic carbocycles. The van der Waals surface area contributed by atoms with E-state index in [1.54, 1.807) is 54.6 Å². The quantitative estimate of drug-likeness (QED) is 0.367. The highest BCUT2D eigenvalue weighted by molar-refractivity contribution is 9.10. The van der Waals surface area contributed by atoms with Crippen molar-refractivity contribution in [2.24, 2.45) is 5.10 Å². The summed E-state index contributed by atoms with van der Waals surface area (Å²) < 4.78 is 0.771. The van der Waals surface area contributed by atoms with Crippen molar-refractivity contribution in [3.05, 3.63) is 92.9 Å². The first-order valence-corrected chi connectivity index (χ1v) is 9.58. The number of hydrogen-bond donors (Lipinski definition) is 3. The van der Waals surface area contributed by atoms with Gasteiger partial charge < -0.3 is 10.4 Å². The minimum absolute atomic E-state index is 0.0399. The topological polar surface area (TPSA) is 90.8 Å². The summed E-state index contributed by atoms with van der Waals surface area (Å²) in [5, 5.41) is 16.9. The summed E-state index contributed by atoms with van der Waals surface area (Å²) in [4.78, 5) is 24.6. The number of nitrogens with zero attached hydrogens (tertiary/aromatic N) is 1. The Morgan fingerprint density at radius 2 is 1.72 bits per heavy atom. The molecule has 0 heterocycles. The van der Waals surface area contributed by atoms with Crippen LogP contribution in [0.5, 0.6) is 5.75 Å². The van der Waals surface area contributed by atoms with Gasteiger partial charge in [-0.15, -0.1) is 0 Å². The van der Waals surface area contributed by atoms with Crippen LogP contribution in [-0.2, 0) is 0 Å². The van der Waals surface area contributed by atoms with E-state index in [9.17, 15) is 14.7 Å². The Kier molecular flexibility index (Phi) is 6.64. The molecule has 2 amide bonds. The van der Waals surface area contributed by atoms with Crippen molar-refractivity contribution in [2.45, 2.75) is 0 Å². The highest BCUT2D eigenvalue weighted by Crippen LogP contribution is 2.20. The van der Waals surface area contributed by atoms with Gasteiger partial charge in [-0.05, 0) is 60.7 Å². The molecule has 0 aliphatic carbocycles. The van der Waals surface area contributed by atoms with Crippen LogP contribution in [0.2, 0.25) is 5.02 Å². The molecule has 0 bridgehead atoms. The smallest absolute Gasteiger partial charge is 0.271 e. The molecule has 0 atom stereocenters. The maximum absolute atomic E-state index is 12.3. The molecule has 0 unspecified atom stereocenters. The van der Waals surface area contributed by atoms with Gasteiger partial charge in [0, 0.05) is 31.9 Å². The van der Waals surface area contributed by atoms with Gasteiger partial charge in [0.15, 0.2) is 0 Å². The number of hydrogen-bond acceptors (Lipinski definition) is 4. The van der Waals surface area contributed by atoms with Gasteiger partial charge in [0.05, 0.1) is 6.21 Å². The van der Waals surface area contributed by atoms with Gasteiger partial charge >= 0.3 is 0 Å². The molecule has 0 aromatic heterocycles. The van der Waals surface area contributed by atoms with Crippen LogP contribution in [0.3, 0.4) is 0 Å². The maximum atomic E-state index is 12.3. The van der Waals surface area contributed by atoms with E-state index in [2.05, 4.69) is 31.8 Å². The Morgan fingerprint density at radius 3 is 2.48 bits per heavy atom. The standard InChI is InChI=1S/C21H15BrClN3O3/c22-16-6-9-19(27)15(10-16)12-24-26-21(29)14-2-1-3-18(11-14)25-20(28)13-4-7-17(23)8-5-13/h1-12,27H,(H,25,28)(H,26,29)/b24-12-. The van der Waals surface area contributed by atoms with Crippen LogP contribution in [0.25, 0.3) is 0 Å². The number of anilines is 1. The number of amides is 2. The monoisotopic (exact) mass is 471 g/mol.